The molecule has 7 nitrogen and oxygen atoms in total. The average Bonchev–Trinajstić information content (AvgIpc) is 3.20. The van der Waals surface area contributed by atoms with Crippen LogP contribution in [0.5, 0.6) is 5.75 Å². The molecule has 2 aromatic carbocycles. The monoisotopic (exact) mass is 393 g/mol. The average molecular weight is 393 g/mol. The first-order valence-corrected chi connectivity index (χ1v) is 9.05. The summed E-state index contributed by atoms with van der Waals surface area (Å²) >= 11 is 0. The van der Waals surface area contributed by atoms with Crippen LogP contribution in [0.2, 0.25) is 0 Å². The fourth-order valence-corrected chi connectivity index (χ4v) is 3.01. The standard InChI is InChI=1S/C22H23N3O4/c1-13-6-7-20(28-4)19(10-13)25-9-8-18(24-25)21(26)23-16-11-14(2)15(3)17(12-16)22(27)29-5/h6-12H,1-5H3,(H,23,26). The molecule has 0 spiro atoms. The maximum Gasteiger partial charge on any atom is 0.338 e. The van der Waals surface area contributed by atoms with Crippen LogP contribution in [0, 0.1) is 20.8 Å². The quantitative estimate of drug-likeness (QED) is 0.666. The number of ether oxygens (including phenoxy) is 2. The number of anilines is 1. The van der Waals surface area contributed by atoms with E-state index in [4.69, 9.17) is 9.47 Å². The Morgan fingerprint density at radius 1 is 1.03 bits per heavy atom. The summed E-state index contributed by atoms with van der Waals surface area (Å²) in [6.45, 7) is 5.68. The Bertz CT molecular complexity index is 1090. The summed E-state index contributed by atoms with van der Waals surface area (Å²) in [4.78, 5) is 24.7. The second-order valence-electron chi connectivity index (χ2n) is 6.73. The highest BCUT2D eigenvalue weighted by Crippen LogP contribution is 2.24. The minimum absolute atomic E-state index is 0.242. The van der Waals surface area contributed by atoms with Crippen molar-refractivity contribution < 1.29 is 19.1 Å². The van der Waals surface area contributed by atoms with E-state index in [1.54, 1.807) is 36.2 Å². The molecule has 1 heterocycles. The first-order valence-electron chi connectivity index (χ1n) is 9.05. The van der Waals surface area contributed by atoms with Gasteiger partial charge >= 0.3 is 5.97 Å². The Morgan fingerprint density at radius 2 is 1.79 bits per heavy atom. The number of methoxy groups -OCH3 is 2. The molecule has 150 valence electrons. The van der Waals surface area contributed by atoms with E-state index < -0.39 is 5.97 Å². The summed E-state index contributed by atoms with van der Waals surface area (Å²) in [5.41, 5.74) is 4.63. The Hall–Kier alpha value is -3.61. The fraction of sp³-hybridized carbons (Fsp3) is 0.227. The van der Waals surface area contributed by atoms with Crippen LogP contribution in [0.15, 0.2) is 42.6 Å². The number of carbonyl (C=O) groups is 2. The largest absolute Gasteiger partial charge is 0.494 e. The number of carbonyl (C=O) groups excluding carboxylic acids is 2. The molecule has 0 bridgehead atoms. The zero-order valence-corrected chi connectivity index (χ0v) is 17.1. The lowest BCUT2D eigenvalue weighted by Gasteiger charge is -2.11. The number of aryl methyl sites for hydroxylation is 2. The molecule has 0 aliphatic rings. The number of hydrogen-bond donors (Lipinski definition) is 1. The second kappa shape index (κ2) is 8.18. The molecule has 0 radical (unpaired) electrons. The normalized spacial score (nSPS) is 10.5. The Labute approximate surface area is 169 Å². The molecule has 3 rings (SSSR count). The van der Waals surface area contributed by atoms with E-state index in [0.717, 1.165) is 22.4 Å². The highest BCUT2D eigenvalue weighted by Gasteiger charge is 2.16. The van der Waals surface area contributed by atoms with Crippen LogP contribution in [0.25, 0.3) is 5.69 Å². The lowest BCUT2D eigenvalue weighted by Crippen LogP contribution is -2.15. The van der Waals surface area contributed by atoms with Crippen LogP contribution in [-0.4, -0.2) is 35.9 Å². The van der Waals surface area contributed by atoms with E-state index in [9.17, 15) is 9.59 Å². The zero-order chi connectivity index (χ0) is 21.1. The van der Waals surface area contributed by atoms with Crippen LogP contribution in [0.4, 0.5) is 5.69 Å². The first-order chi connectivity index (χ1) is 13.8. The molecule has 0 aliphatic carbocycles. The van der Waals surface area contributed by atoms with Gasteiger partial charge in [0, 0.05) is 11.9 Å². The number of rotatable bonds is 5. The van der Waals surface area contributed by atoms with Crippen LogP contribution < -0.4 is 10.1 Å². The minimum Gasteiger partial charge on any atom is -0.494 e. The molecule has 0 unspecified atom stereocenters. The van der Waals surface area contributed by atoms with Crippen molar-refractivity contribution in [2.45, 2.75) is 20.8 Å². The SMILES string of the molecule is COC(=O)c1cc(NC(=O)c2ccn(-c3cc(C)ccc3OC)n2)cc(C)c1C. The summed E-state index contributed by atoms with van der Waals surface area (Å²) in [7, 11) is 2.92. The van der Waals surface area contributed by atoms with Gasteiger partial charge in [-0.05, 0) is 67.8 Å². The zero-order valence-electron chi connectivity index (χ0n) is 17.1. The molecule has 0 atom stereocenters. The maximum atomic E-state index is 12.7. The van der Waals surface area contributed by atoms with Crippen molar-refractivity contribution >= 4 is 17.6 Å². The van der Waals surface area contributed by atoms with Gasteiger partial charge in [-0.15, -0.1) is 0 Å². The number of hydrogen-bond acceptors (Lipinski definition) is 5. The number of amides is 1. The summed E-state index contributed by atoms with van der Waals surface area (Å²) < 4.78 is 11.8. The maximum absolute atomic E-state index is 12.7. The molecule has 0 fully saturated rings. The number of nitrogens with zero attached hydrogens (tertiary/aromatic N) is 2. The minimum atomic E-state index is -0.447. The van der Waals surface area contributed by atoms with E-state index in [0.29, 0.717) is 17.0 Å². The van der Waals surface area contributed by atoms with Gasteiger partial charge in [-0.3, -0.25) is 4.79 Å². The fourth-order valence-electron chi connectivity index (χ4n) is 3.01. The molecule has 1 amide bonds. The molecule has 3 aromatic rings. The van der Waals surface area contributed by atoms with E-state index in [2.05, 4.69) is 10.4 Å². The number of nitrogens with one attached hydrogen (secondary N) is 1. The number of benzene rings is 2. The van der Waals surface area contributed by atoms with Crippen molar-refractivity contribution in [3.05, 3.63) is 70.5 Å². The van der Waals surface area contributed by atoms with Crippen LogP contribution in [0.1, 0.15) is 37.5 Å². The van der Waals surface area contributed by atoms with Gasteiger partial charge in [0.1, 0.15) is 11.4 Å². The van der Waals surface area contributed by atoms with Crippen molar-refractivity contribution in [3.8, 4) is 11.4 Å². The Balaban J connectivity index is 1.88. The summed E-state index contributed by atoms with van der Waals surface area (Å²) in [5.74, 6) is -0.172. The van der Waals surface area contributed by atoms with E-state index in [-0.39, 0.29) is 11.6 Å². The lowest BCUT2D eigenvalue weighted by molar-refractivity contribution is 0.0599. The smallest absolute Gasteiger partial charge is 0.338 e. The van der Waals surface area contributed by atoms with Gasteiger partial charge in [0.25, 0.3) is 5.91 Å². The number of aromatic nitrogens is 2. The van der Waals surface area contributed by atoms with Crippen LogP contribution >= 0.6 is 0 Å². The molecule has 7 heteroatoms. The predicted octanol–water partition coefficient (Wildman–Crippen LogP) is 3.85. The molecular weight excluding hydrogens is 370 g/mol. The molecule has 0 saturated heterocycles. The van der Waals surface area contributed by atoms with Crippen molar-refractivity contribution in [3.63, 3.8) is 0 Å². The van der Waals surface area contributed by atoms with Gasteiger partial charge in [0.2, 0.25) is 0 Å². The van der Waals surface area contributed by atoms with E-state index >= 15 is 0 Å². The van der Waals surface area contributed by atoms with Crippen LogP contribution in [0.3, 0.4) is 0 Å². The van der Waals surface area contributed by atoms with Gasteiger partial charge in [-0.25, -0.2) is 9.48 Å². The van der Waals surface area contributed by atoms with E-state index in [1.807, 2.05) is 39.0 Å². The second-order valence-corrected chi connectivity index (χ2v) is 6.73. The molecule has 29 heavy (non-hydrogen) atoms. The molecule has 0 saturated carbocycles. The predicted molar refractivity (Wildman–Crippen MR) is 110 cm³/mol. The lowest BCUT2D eigenvalue weighted by atomic mass is 10.0. The highest BCUT2D eigenvalue weighted by molar-refractivity contribution is 6.03. The van der Waals surface area contributed by atoms with Gasteiger partial charge < -0.3 is 14.8 Å². The third kappa shape index (κ3) is 4.13. The van der Waals surface area contributed by atoms with Gasteiger partial charge in [0.15, 0.2) is 5.69 Å². The van der Waals surface area contributed by atoms with Crippen molar-refractivity contribution in [1.82, 2.24) is 9.78 Å². The Morgan fingerprint density at radius 3 is 2.48 bits per heavy atom. The van der Waals surface area contributed by atoms with Crippen LogP contribution in [-0.2, 0) is 4.74 Å². The van der Waals surface area contributed by atoms with Crippen molar-refractivity contribution in [1.29, 1.82) is 0 Å². The first kappa shape index (κ1) is 20.1. The van der Waals surface area contributed by atoms with Crippen molar-refractivity contribution in [2.75, 3.05) is 19.5 Å². The summed E-state index contributed by atoms with van der Waals surface area (Å²) in [6.07, 6.45) is 1.70. The Kier molecular flexibility index (Phi) is 5.68. The third-order valence-electron chi connectivity index (χ3n) is 4.73. The molecule has 1 aromatic heterocycles. The van der Waals surface area contributed by atoms with Gasteiger partial charge in [-0.2, -0.15) is 5.10 Å². The molecule has 0 aliphatic heterocycles. The van der Waals surface area contributed by atoms with Crippen molar-refractivity contribution in [2.24, 2.45) is 0 Å². The molecule has 1 N–H and O–H groups in total. The highest BCUT2D eigenvalue weighted by atomic mass is 16.5. The third-order valence-corrected chi connectivity index (χ3v) is 4.73. The summed E-state index contributed by atoms with van der Waals surface area (Å²) in [5, 5.41) is 7.17. The molecular formula is C22H23N3O4. The summed E-state index contributed by atoms with van der Waals surface area (Å²) in [6, 6.07) is 10.8. The number of esters is 1. The topological polar surface area (TPSA) is 82.5 Å². The van der Waals surface area contributed by atoms with Gasteiger partial charge in [0.05, 0.1) is 19.8 Å². The van der Waals surface area contributed by atoms with Gasteiger partial charge in [-0.1, -0.05) is 6.07 Å². The van der Waals surface area contributed by atoms with E-state index in [1.165, 1.54) is 7.11 Å².